The molecule has 0 fully saturated rings. The molecule has 0 radical (unpaired) electrons. The number of carbonyl (C=O) groups is 1. The predicted molar refractivity (Wildman–Crippen MR) is 62.0 cm³/mol. The third kappa shape index (κ3) is 3.54. The van der Waals surface area contributed by atoms with Gasteiger partial charge < -0.3 is 15.3 Å². The Morgan fingerprint density at radius 2 is 1.38 bits per heavy atom. The Kier molecular flexibility index (Phi) is 7.55. The Hall–Kier alpha value is -0.450. The minimum atomic E-state index is -1.37. The first-order valence-electron chi connectivity index (χ1n) is 5.98. The average molecular weight is 232 g/mol. The van der Waals surface area contributed by atoms with Crippen molar-refractivity contribution in [3.63, 3.8) is 0 Å². The van der Waals surface area contributed by atoms with E-state index in [9.17, 15) is 20.1 Å². The maximum absolute atomic E-state index is 12.2. The first-order chi connectivity index (χ1) is 7.61. The quantitative estimate of drug-likeness (QED) is 0.548. The lowest BCUT2D eigenvalue weighted by Crippen LogP contribution is -2.45. The summed E-state index contributed by atoms with van der Waals surface area (Å²) in [6, 6.07) is 0. The Morgan fingerprint density at radius 1 is 1.00 bits per heavy atom. The van der Waals surface area contributed by atoms with E-state index in [4.69, 9.17) is 0 Å². The second-order valence-electron chi connectivity index (χ2n) is 4.39. The Balaban J connectivity index is 4.78. The van der Waals surface area contributed by atoms with Crippen LogP contribution in [0.15, 0.2) is 0 Å². The second kappa shape index (κ2) is 7.76. The van der Waals surface area contributed by atoms with Crippen molar-refractivity contribution in [2.45, 2.75) is 39.5 Å². The molecule has 0 spiro atoms. The van der Waals surface area contributed by atoms with Gasteiger partial charge in [0, 0.05) is 5.92 Å². The van der Waals surface area contributed by atoms with Gasteiger partial charge in [-0.05, 0) is 12.8 Å². The van der Waals surface area contributed by atoms with E-state index < -0.39 is 25.2 Å². The van der Waals surface area contributed by atoms with Crippen LogP contribution < -0.4 is 0 Å². The first-order valence-corrected chi connectivity index (χ1v) is 5.98. The van der Waals surface area contributed by atoms with Crippen LogP contribution >= 0.6 is 0 Å². The molecular formula is C12H24O4. The summed E-state index contributed by atoms with van der Waals surface area (Å²) in [5.74, 6) is -0.370. The lowest BCUT2D eigenvalue weighted by Gasteiger charge is -2.30. The molecule has 16 heavy (non-hydrogen) atoms. The fourth-order valence-corrected chi connectivity index (χ4v) is 1.92. The van der Waals surface area contributed by atoms with Crippen molar-refractivity contribution in [2.24, 2.45) is 11.3 Å². The van der Waals surface area contributed by atoms with Gasteiger partial charge in [0.15, 0.2) is 0 Å². The van der Waals surface area contributed by atoms with E-state index in [1.165, 1.54) is 0 Å². The van der Waals surface area contributed by atoms with Crippen LogP contribution in [0.4, 0.5) is 0 Å². The number of ketones is 1. The number of rotatable bonds is 9. The van der Waals surface area contributed by atoms with Gasteiger partial charge in [-0.3, -0.25) is 4.79 Å². The molecule has 0 aliphatic carbocycles. The van der Waals surface area contributed by atoms with Gasteiger partial charge in [0.1, 0.15) is 5.78 Å². The van der Waals surface area contributed by atoms with E-state index >= 15 is 0 Å². The van der Waals surface area contributed by atoms with Crippen LogP contribution in [0.25, 0.3) is 0 Å². The van der Waals surface area contributed by atoms with Crippen molar-refractivity contribution in [3.05, 3.63) is 0 Å². The van der Waals surface area contributed by atoms with E-state index in [0.29, 0.717) is 0 Å². The van der Waals surface area contributed by atoms with Gasteiger partial charge in [0.25, 0.3) is 0 Å². The van der Waals surface area contributed by atoms with Crippen molar-refractivity contribution in [1.29, 1.82) is 0 Å². The highest BCUT2D eigenvalue weighted by molar-refractivity contribution is 5.87. The van der Waals surface area contributed by atoms with Crippen molar-refractivity contribution >= 4 is 5.78 Å². The van der Waals surface area contributed by atoms with Crippen molar-refractivity contribution in [3.8, 4) is 0 Å². The van der Waals surface area contributed by atoms with E-state index in [-0.39, 0.29) is 11.7 Å². The fourth-order valence-electron chi connectivity index (χ4n) is 1.92. The van der Waals surface area contributed by atoms with Crippen LogP contribution in [0, 0.1) is 11.3 Å². The van der Waals surface area contributed by atoms with Crippen LogP contribution in [-0.4, -0.2) is 40.9 Å². The summed E-state index contributed by atoms with van der Waals surface area (Å²) in [5, 5.41) is 27.6. The largest absolute Gasteiger partial charge is 0.395 e. The van der Waals surface area contributed by atoms with Crippen LogP contribution in [0.5, 0.6) is 0 Å². The molecule has 0 atom stereocenters. The summed E-state index contributed by atoms with van der Waals surface area (Å²) in [7, 11) is 0. The van der Waals surface area contributed by atoms with Gasteiger partial charge in [0.05, 0.1) is 25.2 Å². The monoisotopic (exact) mass is 232 g/mol. The molecule has 0 unspecified atom stereocenters. The number of Topliss-reactive ketones (excluding diaryl/α,β-unsaturated/α-hetero) is 1. The smallest absolute Gasteiger partial charge is 0.149 e. The van der Waals surface area contributed by atoms with E-state index in [2.05, 4.69) is 0 Å². The average Bonchev–Trinajstić information content (AvgIpc) is 2.31. The highest BCUT2D eigenvalue weighted by Gasteiger charge is 2.39. The van der Waals surface area contributed by atoms with Gasteiger partial charge in [-0.15, -0.1) is 0 Å². The number of aliphatic hydroxyl groups is 3. The lowest BCUT2D eigenvalue weighted by atomic mass is 9.76. The number of carbonyl (C=O) groups excluding carboxylic acids is 1. The fraction of sp³-hybridized carbons (Fsp3) is 0.917. The molecule has 0 amide bonds. The van der Waals surface area contributed by atoms with Crippen LogP contribution in [-0.2, 0) is 4.79 Å². The highest BCUT2D eigenvalue weighted by Crippen LogP contribution is 2.26. The van der Waals surface area contributed by atoms with Crippen LogP contribution in [0.1, 0.15) is 39.5 Å². The summed E-state index contributed by atoms with van der Waals surface area (Å²) in [4.78, 5) is 12.2. The van der Waals surface area contributed by atoms with E-state index in [1.807, 2.05) is 13.8 Å². The molecule has 0 aromatic carbocycles. The van der Waals surface area contributed by atoms with Crippen LogP contribution in [0.3, 0.4) is 0 Å². The van der Waals surface area contributed by atoms with Gasteiger partial charge in [-0.1, -0.05) is 26.7 Å². The maximum Gasteiger partial charge on any atom is 0.149 e. The summed E-state index contributed by atoms with van der Waals surface area (Å²) in [6.07, 6.45) is 3.26. The molecule has 0 aromatic heterocycles. The molecular weight excluding hydrogens is 208 g/mol. The van der Waals surface area contributed by atoms with E-state index in [1.54, 1.807) is 0 Å². The number of hydrogen-bond acceptors (Lipinski definition) is 4. The third-order valence-corrected chi connectivity index (χ3v) is 3.08. The minimum Gasteiger partial charge on any atom is -0.395 e. The Labute approximate surface area is 97.3 Å². The van der Waals surface area contributed by atoms with E-state index in [0.717, 1.165) is 25.7 Å². The highest BCUT2D eigenvalue weighted by atomic mass is 16.3. The lowest BCUT2D eigenvalue weighted by molar-refractivity contribution is -0.142. The molecule has 0 saturated heterocycles. The number of hydrogen-bond donors (Lipinski definition) is 3. The van der Waals surface area contributed by atoms with Crippen molar-refractivity contribution in [1.82, 2.24) is 0 Å². The SMILES string of the molecule is CCCC(CCC)C(=O)C(CO)(CO)CO. The molecule has 0 rings (SSSR count). The molecule has 4 nitrogen and oxygen atoms in total. The maximum atomic E-state index is 12.2. The predicted octanol–water partition coefficient (Wildman–Crippen LogP) is 0.735. The Bertz CT molecular complexity index is 185. The zero-order chi connectivity index (χ0) is 12.6. The minimum absolute atomic E-state index is 0.165. The topological polar surface area (TPSA) is 77.8 Å². The summed E-state index contributed by atoms with van der Waals surface area (Å²) in [5.41, 5.74) is -1.37. The molecule has 3 N–H and O–H groups in total. The normalized spacial score (nSPS) is 12.1. The summed E-state index contributed by atoms with van der Waals surface area (Å²) >= 11 is 0. The van der Waals surface area contributed by atoms with Gasteiger partial charge in [-0.25, -0.2) is 0 Å². The summed E-state index contributed by atoms with van der Waals surface area (Å²) in [6.45, 7) is 2.50. The molecule has 96 valence electrons. The van der Waals surface area contributed by atoms with Gasteiger partial charge in [0.2, 0.25) is 0 Å². The Morgan fingerprint density at radius 3 is 1.62 bits per heavy atom. The molecule has 0 aliphatic rings. The molecule has 0 heterocycles. The summed E-state index contributed by atoms with van der Waals surface area (Å²) < 4.78 is 0. The van der Waals surface area contributed by atoms with Crippen molar-refractivity contribution in [2.75, 3.05) is 19.8 Å². The van der Waals surface area contributed by atoms with Crippen molar-refractivity contribution < 1.29 is 20.1 Å². The van der Waals surface area contributed by atoms with Gasteiger partial charge in [-0.2, -0.15) is 0 Å². The van der Waals surface area contributed by atoms with Crippen LogP contribution in [0.2, 0.25) is 0 Å². The zero-order valence-corrected chi connectivity index (χ0v) is 10.3. The molecule has 0 bridgehead atoms. The third-order valence-electron chi connectivity index (χ3n) is 3.08. The number of aliphatic hydroxyl groups excluding tert-OH is 3. The molecule has 0 saturated carbocycles. The van der Waals surface area contributed by atoms with Gasteiger partial charge >= 0.3 is 0 Å². The second-order valence-corrected chi connectivity index (χ2v) is 4.39. The molecule has 0 aliphatic heterocycles. The zero-order valence-electron chi connectivity index (χ0n) is 10.3. The standard InChI is InChI=1S/C12H24O4/c1-3-5-10(6-4-2)11(16)12(7-13,8-14)9-15/h10,13-15H,3-9H2,1-2H3. The molecule has 0 aromatic rings. The first kappa shape index (κ1) is 15.6. The molecule has 4 heteroatoms.